The fraction of sp³-hybridized carbons (Fsp3) is 0.286. The van der Waals surface area contributed by atoms with E-state index in [4.69, 9.17) is 4.74 Å². The third-order valence-corrected chi connectivity index (χ3v) is 4.79. The van der Waals surface area contributed by atoms with Crippen LogP contribution in [-0.4, -0.2) is 17.5 Å². The van der Waals surface area contributed by atoms with Gasteiger partial charge in [-0.15, -0.1) is 11.3 Å². The topological polar surface area (TPSA) is 51.2 Å². The first kappa shape index (κ1) is 14.5. The largest absolute Gasteiger partial charge is 0.483 e. The van der Waals surface area contributed by atoms with Crippen molar-refractivity contribution in [2.45, 2.75) is 19.3 Å². The molecule has 0 bridgehead atoms. The molecule has 0 unspecified atom stereocenters. The molecule has 1 heterocycles. The highest BCUT2D eigenvalue weighted by atomic mass is 79.9. The van der Waals surface area contributed by atoms with Crippen molar-refractivity contribution in [1.29, 1.82) is 0 Å². The number of nitrogens with one attached hydrogen (secondary N) is 1. The van der Waals surface area contributed by atoms with Crippen LogP contribution in [0.2, 0.25) is 0 Å². The number of carbonyl (C=O) groups excluding carboxylic acids is 1. The molecule has 0 atom stereocenters. The Labute approximate surface area is 133 Å². The third-order valence-electron chi connectivity index (χ3n) is 3.09. The highest BCUT2D eigenvalue weighted by Crippen LogP contribution is 2.30. The normalized spacial score (nSPS) is 13.0. The first-order valence-corrected chi connectivity index (χ1v) is 8.09. The van der Waals surface area contributed by atoms with Crippen molar-refractivity contribution in [1.82, 2.24) is 4.98 Å². The van der Waals surface area contributed by atoms with E-state index in [-0.39, 0.29) is 18.3 Å². The minimum Gasteiger partial charge on any atom is -0.483 e. The molecule has 1 aliphatic carbocycles. The second-order valence-electron chi connectivity index (χ2n) is 4.65. The highest BCUT2D eigenvalue weighted by Gasteiger charge is 2.17. The minimum absolute atomic E-state index is 0.144. The van der Waals surface area contributed by atoms with Gasteiger partial charge >= 0.3 is 0 Å². The number of ether oxygens (including phenoxy) is 1. The molecule has 0 saturated heterocycles. The number of thiazole rings is 1. The summed E-state index contributed by atoms with van der Waals surface area (Å²) in [6.45, 7) is -0.144. The van der Waals surface area contributed by atoms with Crippen LogP contribution < -0.4 is 10.1 Å². The molecule has 0 radical (unpaired) electrons. The molecular formula is C14H12BrFN2O2S. The van der Waals surface area contributed by atoms with Crippen LogP contribution in [0.3, 0.4) is 0 Å². The van der Waals surface area contributed by atoms with Crippen LogP contribution in [0.1, 0.15) is 17.0 Å². The summed E-state index contributed by atoms with van der Waals surface area (Å²) in [6, 6.07) is 4.05. The molecule has 0 fully saturated rings. The van der Waals surface area contributed by atoms with Gasteiger partial charge in [-0.2, -0.15) is 0 Å². The Bertz CT molecular complexity index is 668. The van der Waals surface area contributed by atoms with Crippen molar-refractivity contribution in [2.24, 2.45) is 0 Å². The number of aryl methyl sites for hydroxylation is 2. The Balaban J connectivity index is 1.56. The van der Waals surface area contributed by atoms with Crippen LogP contribution in [-0.2, 0) is 17.6 Å². The first-order chi connectivity index (χ1) is 10.1. The average molecular weight is 371 g/mol. The molecule has 0 saturated carbocycles. The zero-order valence-corrected chi connectivity index (χ0v) is 13.4. The monoisotopic (exact) mass is 370 g/mol. The van der Waals surface area contributed by atoms with E-state index in [0.717, 1.165) is 25.0 Å². The van der Waals surface area contributed by atoms with Crippen LogP contribution in [0.4, 0.5) is 9.52 Å². The molecule has 1 aliphatic rings. The number of nitrogens with zero attached hydrogens (tertiary/aromatic N) is 1. The van der Waals surface area contributed by atoms with Gasteiger partial charge in [-0.05, 0) is 53.4 Å². The second-order valence-corrected chi connectivity index (χ2v) is 6.59. The van der Waals surface area contributed by atoms with Gasteiger partial charge in [0, 0.05) is 4.88 Å². The van der Waals surface area contributed by atoms with E-state index >= 15 is 0 Å². The van der Waals surface area contributed by atoms with Crippen molar-refractivity contribution in [3.63, 3.8) is 0 Å². The van der Waals surface area contributed by atoms with Crippen molar-refractivity contribution >= 4 is 38.3 Å². The zero-order valence-electron chi connectivity index (χ0n) is 11.0. The number of halogens is 2. The SMILES string of the molecule is O=C(COc1ccc(F)cc1Br)Nc1nc2c(s1)CCC2. The van der Waals surface area contributed by atoms with Gasteiger partial charge in [0.2, 0.25) is 0 Å². The number of hydrogen-bond acceptors (Lipinski definition) is 4. The maximum Gasteiger partial charge on any atom is 0.264 e. The molecule has 1 aromatic carbocycles. The molecule has 1 N–H and O–H groups in total. The molecule has 3 rings (SSSR count). The Kier molecular flexibility index (Phi) is 4.21. The van der Waals surface area contributed by atoms with E-state index in [1.807, 2.05) is 0 Å². The zero-order chi connectivity index (χ0) is 14.8. The summed E-state index contributed by atoms with van der Waals surface area (Å²) < 4.78 is 18.8. The molecule has 7 heteroatoms. The number of aromatic nitrogens is 1. The minimum atomic E-state index is -0.365. The lowest BCUT2D eigenvalue weighted by atomic mass is 10.3. The standard InChI is InChI=1S/C14H12BrFN2O2S/c15-9-6-8(16)4-5-11(9)20-7-13(19)18-14-17-10-2-1-3-12(10)21-14/h4-6H,1-3,7H2,(H,17,18,19). The van der Waals surface area contributed by atoms with Gasteiger partial charge < -0.3 is 4.74 Å². The average Bonchev–Trinajstić information content (AvgIpc) is 2.98. The fourth-order valence-corrected chi connectivity index (χ4v) is 3.67. The molecular weight excluding hydrogens is 359 g/mol. The van der Waals surface area contributed by atoms with Crippen LogP contribution in [0.25, 0.3) is 0 Å². The van der Waals surface area contributed by atoms with Gasteiger partial charge in [0.15, 0.2) is 11.7 Å². The van der Waals surface area contributed by atoms with Crippen molar-refractivity contribution in [3.8, 4) is 5.75 Å². The molecule has 0 spiro atoms. The first-order valence-electron chi connectivity index (χ1n) is 6.48. The Morgan fingerprint density at radius 3 is 3.10 bits per heavy atom. The summed E-state index contributed by atoms with van der Waals surface area (Å²) in [5.41, 5.74) is 1.09. The number of fused-ring (bicyclic) bond motifs is 1. The maximum atomic E-state index is 12.9. The molecule has 110 valence electrons. The van der Waals surface area contributed by atoms with Crippen molar-refractivity contribution in [3.05, 3.63) is 39.1 Å². The third kappa shape index (κ3) is 3.41. The highest BCUT2D eigenvalue weighted by molar-refractivity contribution is 9.10. The van der Waals surface area contributed by atoms with Crippen LogP contribution in [0.15, 0.2) is 22.7 Å². The van der Waals surface area contributed by atoms with E-state index < -0.39 is 0 Å². The van der Waals surface area contributed by atoms with Crippen LogP contribution >= 0.6 is 27.3 Å². The smallest absolute Gasteiger partial charge is 0.264 e. The summed E-state index contributed by atoms with van der Waals surface area (Å²) in [6.07, 6.45) is 3.17. The quantitative estimate of drug-likeness (QED) is 0.895. The van der Waals surface area contributed by atoms with E-state index in [1.165, 1.54) is 34.4 Å². The van der Waals surface area contributed by atoms with Gasteiger partial charge in [-0.25, -0.2) is 9.37 Å². The summed E-state index contributed by atoms with van der Waals surface area (Å²) in [5, 5.41) is 3.34. The Morgan fingerprint density at radius 2 is 2.33 bits per heavy atom. The van der Waals surface area contributed by atoms with Gasteiger partial charge in [-0.3, -0.25) is 10.1 Å². The summed E-state index contributed by atoms with van der Waals surface area (Å²) in [4.78, 5) is 17.5. The van der Waals surface area contributed by atoms with Gasteiger partial charge in [-0.1, -0.05) is 0 Å². The summed E-state index contributed by atoms with van der Waals surface area (Å²) >= 11 is 4.71. The Hall–Kier alpha value is -1.47. The van der Waals surface area contributed by atoms with Crippen molar-refractivity contribution < 1.29 is 13.9 Å². The Morgan fingerprint density at radius 1 is 1.48 bits per heavy atom. The van der Waals surface area contributed by atoms with E-state index in [2.05, 4.69) is 26.2 Å². The molecule has 1 amide bonds. The summed E-state index contributed by atoms with van der Waals surface area (Å²) in [5.74, 6) is -0.220. The van der Waals surface area contributed by atoms with Gasteiger partial charge in [0.1, 0.15) is 11.6 Å². The lowest BCUT2D eigenvalue weighted by molar-refractivity contribution is -0.118. The predicted molar refractivity (Wildman–Crippen MR) is 82.4 cm³/mol. The molecule has 1 aromatic heterocycles. The number of carbonyl (C=O) groups is 1. The van der Waals surface area contributed by atoms with Crippen LogP contribution in [0.5, 0.6) is 5.75 Å². The van der Waals surface area contributed by atoms with E-state index in [0.29, 0.717) is 15.4 Å². The number of rotatable bonds is 4. The maximum absolute atomic E-state index is 12.9. The van der Waals surface area contributed by atoms with Crippen molar-refractivity contribution in [2.75, 3.05) is 11.9 Å². The van der Waals surface area contributed by atoms with Gasteiger partial charge in [0.05, 0.1) is 10.2 Å². The predicted octanol–water partition coefficient (Wildman–Crippen LogP) is 3.55. The molecule has 21 heavy (non-hydrogen) atoms. The second kappa shape index (κ2) is 6.11. The molecule has 4 nitrogen and oxygen atoms in total. The number of amides is 1. The molecule has 0 aliphatic heterocycles. The number of hydrogen-bond donors (Lipinski definition) is 1. The lowest BCUT2D eigenvalue weighted by Gasteiger charge is -2.07. The number of benzene rings is 1. The lowest BCUT2D eigenvalue weighted by Crippen LogP contribution is -2.20. The van der Waals surface area contributed by atoms with E-state index in [1.54, 1.807) is 0 Å². The summed E-state index contributed by atoms with van der Waals surface area (Å²) in [7, 11) is 0. The van der Waals surface area contributed by atoms with Gasteiger partial charge in [0.25, 0.3) is 5.91 Å². The fourth-order valence-electron chi connectivity index (χ4n) is 2.13. The number of anilines is 1. The van der Waals surface area contributed by atoms with E-state index in [9.17, 15) is 9.18 Å². The van der Waals surface area contributed by atoms with Crippen LogP contribution in [0, 0.1) is 5.82 Å². The molecule has 2 aromatic rings.